The van der Waals surface area contributed by atoms with Gasteiger partial charge in [0.2, 0.25) is 0 Å². The summed E-state index contributed by atoms with van der Waals surface area (Å²) in [6, 6.07) is 0. The molecule has 2 saturated heterocycles. The Labute approximate surface area is 149 Å². The van der Waals surface area contributed by atoms with Crippen LogP contribution in [0.2, 0.25) is 0 Å². The second kappa shape index (κ2) is 7.61. The summed E-state index contributed by atoms with van der Waals surface area (Å²) in [6.07, 6.45) is 0. The topological polar surface area (TPSA) is 34.1 Å². The van der Waals surface area contributed by atoms with Crippen molar-refractivity contribution in [3.8, 4) is 0 Å². The monoisotopic (exact) mass is 337 g/mol. The van der Waals surface area contributed by atoms with Gasteiger partial charge in [0.05, 0.1) is 0 Å². The van der Waals surface area contributed by atoms with E-state index in [1.807, 2.05) is 0 Å². The Balaban J connectivity index is 1.89. The first-order chi connectivity index (χ1) is 11.2. The fourth-order valence-electron chi connectivity index (χ4n) is 3.57. The van der Waals surface area contributed by atoms with Crippen LogP contribution < -0.4 is 5.32 Å². The summed E-state index contributed by atoms with van der Waals surface area (Å²) in [4.78, 5) is 12.4. The Bertz CT molecular complexity index is 435. The molecule has 24 heavy (non-hydrogen) atoms. The molecule has 2 aliphatic rings. The Morgan fingerprint density at radius 2 is 1.75 bits per heavy atom. The molecule has 0 bridgehead atoms. The van der Waals surface area contributed by atoms with Gasteiger partial charge in [-0.1, -0.05) is 20.8 Å². The van der Waals surface area contributed by atoms with Crippen LogP contribution in [0.3, 0.4) is 0 Å². The number of nitrogens with one attached hydrogen (secondary N) is 1. The minimum absolute atomic E-state index is 0.161. The lowest BCUT2D eigenvalue weighted by atomic mass is 9.65. The SMILES string of the molecule is CCNC(=NCC(C)CN1CCN(C)CC1)N1CC(C)(C)C1(C)C. The third-order valence-electron chi connectivity index (χ3n) is 6.19. The summed E-state index contributed by atoms with van der Waals surface area (Å²) in [5.74, 6) is 1.69. The third-order valence-corrected chi connectivity index (χ3v) is 6.19. The lowest BCUT2D eigenvalue weighted by Gasteiger charge is -2.62. The van der Waals surface area contributed by atoms with Gasteiger partial charge in [0.15, 0.2) is 5.96 Å². The van der Waals surface area contributed by atoms with Gasteiger partial charge >= 0.3 is 0 Å². The Hall–Kier alpha value is -0.810. The number of rotatable bonds is 5. The molecule has 0 aromatic rings. The quantitative estimate of drug-likeness (QED) is 0.614. The van der Waals surface area contributed by atoms with E-state index in [2.05, 4.69) is 68.6 Å². The van der Waals surface area contributed by atoms with Crippen molar-refractivity contribution in [1.82, 2.24) is 20.0 Å². The van der Waals surface area contributed by atoms with Crippen LogP contribution in [-0.2, 0) is 0 Å². The summed E-state index contributed by atoms with van der Waals surface area (Å²) in [5, 5.41) is 3.50. The van der Waals surface area contributed by atoms with Gasteiger partial charge in [0, 0.05) is 63.3 Å². The molecule has 140 valence electrons. The average molecular weight is 338 g/mol. The molecular weight excluding hydrogens is 298 g/mol. The number of guanidine groups is 1. The van der Waals surface area contributed by atoms with E-state index in [9.17, 15) is 0 Å². The standard InChI is InChI=1S/C19H39N5/c1-8-20-17(24-15-18(3,4)19(24,5)6)21-13-16(2)14-23-11-9-22(7)10-12-23/h16H,8-15H2,1-7H3,(H,20,21). The molecule has 5 nitrogen and oxygen atoms in total. The Kier molecular flexibility index (Phi) is 6.19. The smallest absolute Gasteiger partial charge is 0.194 e. The molecule has 0 aliphatic carbocycles. The fourth-order valence-corrected chi connectivity index (χ4v) is 3.57. The molecule has 2 rings (SSSR count). The van der Waals surface area contributed by atoms with Crippen molar-refractivity contribution in [2.24, 2.45) is 16.3 Å². The molecule has 2 aliphatic heterocycles. The van der Waals surface area contributed by atoms with Crippen LogP contribution in [0, 0.1) is 11.3 Å². The Morgan fingerprint density at radius 1 is 1.12 bits per heavy atom. The molecule has 0 aromatic heterocycles. The molecule has 2 fully saturated rings. The van der Waals surface area contributed by atoms with Crippen LogP contribution in [0.25, 0.3) is 0 Å². The van der Waals surface area contributed by atoms with E-state index in [0.717, 1.165) is 32.1 Å². The molecule has 1 unspecified atom stereocenters. The summed E-state index contributed by atoms with van der Waals surface area (Å²) < 4.78 is 0. The zero-order valence-corrected chi connectivity index (χ0v) is 17.0. The largest absolute Gasteiger partial charge is 0.356 e. The van der Waals surface area contributed by atoms with Crippen LogP contribution >= 0.6 is 0 Å². The minimum Gasteiger partial charge on any atom is -0.356 e. The first kappa shape index (κ1) is 19.5. The average Bonchev–Trinajstić information content (AvgIpc) is 2.51. The molecule has 0 aromatic carbocycles. The number of hydrogen-bond acceptors (Lipinski definition) is 3. The fraction of sp³-hybridized carbons (Fsp3) is 0.947. The summed E-state index contributed by atoms with van der Waals surface area (Å²) in [6.45, 7) is 22.7. The predicted molar refractivity (Wildman–Crippen MR) is 104 cm³/mol. The highest BCUT2D eigenvalue weighted by Gasteiger charge is 2.53. The van der Waals surface area contributed by atoms with Gasteiger partial charge in [0.25, 0.3) is 0 Å². The number of hydrogen-bond donors (Lipinski definition) is 1. The van der Waals surface area contributed by atoms with E-state index in [1.165, 1.54) is 26.2 Å². The van der Waals surface area contributed by atoms with Gasteiger partial charge in [-0.05, 0) is 33.7 Å². The van der Waals surface area contributed by atoms with Gasteiger partial charge < -0.3 is 20.0 Å². The number of piperazine rings is 1. The summed E-state index contributed by atoms with van der Waals surface area (Å²) in [7, 11) is 2.21. The predicted octanol–water partition coefficient (Wildman–Crippen LogP) is 1.96. The van der Waals surface area contributed by atoms with Crippen LogP contribution in [0.4, 0.5) is 0 Å². The minimum atomic E-state index is 0.161. The van der Waals surface area contributed by atoms with Crippen molar-refractivity contribution >= 4 is 5.96 Å². The van der Waals surface area contributed by atoms with Gasteiger partial charge in [-0.25, -0.2) is 0 Å². The van der Waals surface area contributed by atoms with Crippen molar-refractivity contribution in [3.63, 3.8) is 0 Å². The number of nitrogens with zero attached hydrogens (tertiary/aromatic N) is 4. The lowest BCUT2D eigenvalue weighted by Crippen LogP contribution is -2.72. The summed E-state index contributed by atoms with van der Waals surface area (Å²) in [5.41, 5.74) is 0.503. The zero-order chi connectivity index (χ0) is 18.0. The van der Waals surface area contributed by atoms with Gasteiger partial charge in [0.1, 0.15) is 0 Å². The number of likely N-dealkylation sites (N-methyl/N-ethyl adjacent to an activating group) is 1. The normalized spacial score (nSPS) is 26.1. The second-order valence-electron chi connectivity index (χ2n) is 8.93. The van der Waals surface area contributed by atoms with E-state index < -0.39 is 0 Å². The van der Waals surface area contributed by atoms with Crippen molar-refractivity contribution in [3.05, 3.63) is 0 Å². The molecule has 0 spiro atoms. The van der Waals surface area contributed by atoms with E-state index >= 15 is 0 Å². The molecular formula is C19H39N5. The van der Waals surface area contributed by atoms with E-state index in [4.69, 9.17) is 4.99 Å². The summed E-state index contributed by atoms with van der Waals surface area (Å²) >= 11 is 0. The highest BCUT2D eigenvalue weighted by atomic mass is 15.4. The lowest BCUT2D eigenvalue weighted by molar-refractivity contribution is -0.0668. The van der Waals surface area contributed by atoms with Crippen molar-refractivity contribution in [2.45, 2.75) is 47.1 Å². The Morgan fingerprint density at radius 3 is 2.25 bits per heavy atom. The van der Waals surface area contributed by atoms with E-state index in [-0.39, 0.29) is 5.54 Å². The maximum absolute atomic E-state index is 4.97. The number of likely N-dealkylation sites (tertiary alicyclic amines) is 1. The highest BCUT2D eigenvalue weighted by molar-refractivity contribution is 5.82. The molecule has 0 radical (unpaired) electrons. The van der Waals surface area contributed by atoms with Crippen LogP contribution in [0.5, 0.6) is 0 Å². The van der Waals surface area contributed by atoms with Crippen molar-refractivity contribution in [1.29, 1.82) is 0 Å². The first-order valence-electron chi connectivity index (χ1n) is 9.64. The van der Waals surface area contributed by atoms with Gasteiger partial charge in [-0.3, -0.25) is 4.99 Å². The van der Waals surface area contributed by atoms with Crippen LogP contribution in [-0.4, -0.2) is 85.6 Å². The van der Waals surface area contributed by atoms with Crippen LogP contribution in [0.1, 0.15) is 41.5 Å². The maximum Gasteiger partial charge on any atom is 0.194 e. The second-order valence-corrected chi connectivity index (χ2v) is 8.93. The molecule has 0 saturated carbocycles. The van der Waals surface area contributed by atoms with Gasteiger partial charge in [-0.2, -0.15) is 0 Å². The van der Waals surface area contributed by atoms with E-state index in [0.29, 0.717) is 11.3 Å². The first-order valence-corrected chi connectivity index (χ1v) is 9.64. The third kappa shape index (κ3) is 4.23. The van der Waals surface area contributed by atoms with Crippen molar-refractivity contribution in [2.75, 3.05) is 59.4 Å². The number of aliphatic imine (C=N–C) groups is 1. The molecule has 5 heteroatoms. The van der Waals surface area contributed by atoms with Crippen molar-refractivity contribution < 1.29 is 0 Å². The zero-order valence-electron chi connectivity index (χ0n) is 17.0. The van der Waals surface area contributed by atoms with Crippen LogP contribution in [0.15, 0.2) is 4.99 Å². The molecule has 2 heterocycles. The highest BCUT2D eigenvalue weighted by Crippen LogP contribution is 2.46. The molecule has 0 amide bonds. The van der Waals surface area contributed by atoms with E-state index in [1.54, 1.807) is 0 Å². The molecule has 1 atom stereocenters. The van der Waals surface area contributed by atoms with Gasteiger partial charge in [-0.15, -0.1) is 0 Å². The maximum atomic E-state index is 4.97. The molecule has 1 N–H and O–H groups in total.